The summed E-state index contributed by atoms with van der Waals surface area (Å²) in [5.74, 6) is -7.03. The Labute approximate surface area is 273 Å². The van der Waals surface area contributed by atoms with Gasteiger partial charge in [0, 0.05) is 11.6 Å². The number of hydrogen-bond acceptors (Lipinski definition) is 18. The van der Waals surface area contributed by atoms with Crippen LogP contribution in [-0.4, -0.2) is 118 Å². The number of amides is 1. The van der Waals surface area contributed by atoms with E-state index in [0.717, 1.165) is 42.7 Å². The highest BCUT2D eigenvalue weighted by Crippen LogP contribution is 2.41. The third kappa shape index (κ3) is 7.54. The number of hydrogen-bond donors (Lipinski definition) is 1. The number of nitrogens with one attached hydrogen (secondary N) is 1. The van der Waals surface area contributed by atoms with E-state index in [-0.39, 0.29) is 15.7 Å². The van der Waals surface area contributed by atoms with E-state index in [0.29, 0.717) is 12.0 Å². The van der Waals surface area contributed by atoms with Crippen LogP contribution in [0.4, 0.5) is 10.5 Å². The average Bonchev–Trinajstić information content (AvgIpc) is 3.42. The zero-order chi connectivity index (χ0) is 36.5. The van der Waals surface area contributed by atoms with Gasteiger partial charge >= 0.3 is 35.9 Å². The van der Waals surface area contributed by atoms with Gasteiger partial charge in [-0.05, 0) is 12.1 Å². The topological polar surface area (TPSA) is 238 Å². The lowest BCUT2D eigenvalue weighted by Crippen LogP contribution is -2.40. The molecule has 0 fully saturated rings. The number of carbonyl (C=O) groups excluding carboxylic acids is 6. The third-order valence-electron chi connectivity index (χ3n) is 6.22. The number of ether oxygens (including phenoxy) is 8. The molecule has 1 aromatic rings. The smallest absolute Gasteiger partial charge is 0.428 e. The monoisotopic (exact) mass is 697 g/mol. The van der Waals surface area contributed by atoms with E-state index in [4.69, 9.17) is 28.4 Å². The summed E-state index contributed by atoms with van der Waals surface area (Å²) < 4.78 is 64.6. The zero-order valence-electron chi connectivity index (χ0n) is 27.1. The van der Waals surface area contributed by atoms with E-state index in [9.17, 15) is 37.2 Å². The van der Waals surface area contributed by atoms with E-state index in [1.54, 1.807) is 0 Å². The molecule has 0 heterocycles. The summed E-state index contributed by atoms with van der Waals surface area (Å²) in [6.45, 7) is 0. The lowest BCUT2D eigenvalue weighted by atomic mass is 9.94. The summed E-state index contributed by atoms with van der Waals surface area (Å²) in [5.41, 5.74) is -4.53. The molecule has 1 aromatic carbocycles. The Balaban J connectivity index is 3.43. The molecule has 0 saturated heterocycles. The summed E-state index contributed by atoms with van der Waals surface area (Å²) in [6, 6.07) is 4.41. The Morgan fingerprint density at radius 2 is 1.19 bits per heavy atom. The molecule has 0 aliphatic heterocycles. The number of sulfonamides is 1. The van der Waals surface area contributed by atoms with Crippen molar-refractivity contribution in [1.82, 2.24) is 4.31 Å². The Morgan fingerprint density at radius 1 is 0.667 bits per heavy atom. The van der Waals surface area contributed by atoms with Crippen molar-refractivity contribution in [1.29, 1.82) is 0 Å². The van der Waals surface area contributed by atoms with E-state index < -0.39 is 85.2 Å². The summed E-state index contributed by atoms with van der Waals surface area (Å²) in [7, 11) is 2.72. The molecule has 1 amide bonds. The van der Waals surface area contributed by atoms with Crippen LogP contribution in [0.3, 0.4) is 0 Å². The fraction of sp³-hybridized carbons (Fsp3) is 0.321. The van der Waals surface area contributed by atoms with Crippen LogP contribution < -0.4 is 14.9 Å². The van der Waals surface area contributed by atoms with Gasteiger partial charge in [-0.3, -0.25) is 5.43 Å². The molecule has 1 aliphatic rings. The third-order valence-corrected chi connectivity index (χ3v) is 7.21. The number of nitrogens with zero attached hydrogens (tertiary/aromatic N) is 2. The van der Waals surface area contributed by atoms with E-state index in [2.05, 4.69) is 20.0 Å². The SMILES string of the molecule is COC(=O)C1=C(C(=O)OC)/C(=N\Nc2cc(OC)ccc2OC)C(C(=O)OC)=C1/C(C(=O)OC)=C(/C(=O)OC)N(C(=O)OC)S(C)(=O)=O. The van der Waals surface area contributed by atoms with Crippen LogP contribution in [0.5, 0.6) is 11.5 Å². The molecule has 0 saturated carbocycles. The van der Waals surface area contributed by atoms with Gasteiger partial charge in [0.15, 0.2) is 5.70 Å². The van der Waals surface area contributed by atoms with Crippen LogP contribution in [0.25, 0.3) is 0 Å². The predicted molar refractivity (Wildman–Crippen MR) is 161 cm³/mol. The van der Waals surface area contributed by atoms with Crippen LogP contribution in [-0.2, 0) is 62.4 Å². The van der Waals surface area contributed by atoms with Gasteiger partial charge in [-0.2, -0.15) is 9.41 Å². The van der Waals surface area contributed by atoms with Gasteiger partial charge in [0.05, 0.1) is 74.3 Å². The Bertz CT molecular complexity index is 1770. The highest BCUT2D eigenvalue weighted by atomic mass is 32.2. The number of benzene rings is 1. The second kappa shape index (κ2) is 16.1. The second-order valence-corrected chi connectivity index (χ2v) is 10.6. The molecule has 0 unspecified atom stereocenters. The fourth-order valence-electron chi connectivity index (χ4n) is 4.18. The first-order valence-corrected chi connectivity index (χ1v) is 14.8. The van der Waals surface area contributed by atoms with Crippen molar-refractivity contribution in [3.63, 3.8) is 0 Å². The molecule has 1 N–H and O–H groups in total. The van der Waals surface area contributed by atoms with Crippen molar-refractivity contribution in [3.8, 4) is 11.5 Å². The van der Waals surface area contributed by atoms with Gasteiger partial charge in [-0.25, -0.2) is 37.2 Å². The number of rotatable bonds is 12. The van der Waals surface area contributed by atoms with Gasteiger partial charge in [-0.1, -0.05) is 0 Å². The molecule has 0 atom stereocenters. The Kier molecular flexibility index (Phi) is 12.8. The summed E-state index contributed by atoms with van der Waals surface area (Å²) in [5, 5.41) is 4.12. The van der Waals surface area contributed by atoms with Crippen LogP contribution in [0, 0.1) is 0 Å². The molecule has 260 valence electrons. The number of esters is 5. The molecule has 0 aromatic heterocycles. The number of methoxy groups -OCH3 is 8. The standard InChI is InChI=1S/C28H31N3O16S/c1-40-13-10-11-15(41-2)14(12-13)29-30-21-18(24(33)43-4)16(17(23(32)42-3)19(21)25(34)44-5)20(26(35)45-6)22(27(36)46-7)31(28(37)47-8)48(9,38)39/h10-12,29H,1-9H3/b22-20+,30-21-. The molecular formula is C28H31N3O16S. The molecule has 20 heteroatoms. The first kappa shape index (κ1) is 38.3. The minimum absolute atomic E-state index is 0.0822. The van der Waals surface area contributed by atoms with Crippen LogP contribution in [0.2, 0.25) is 0 Å². The number of hydrazone groups is 1. The highest BCUT2D eigenvalue weighted by molar-refractivity contribution is 7.89. The largest absolute Gasteiger partial charge is 0.497 e. The maximum absolute atomic E-state index is 13.6. The van der Waals surface area contributed by atoms with E-state index in [1.165, 1.54) is 32.4 Å². The van der Waals surface area contributed by atoms with Crippen molar-refractivity contribution < 1.29 is 75.1 Å². The quantitative estimate of drug-likeness (QED) is 0.133. The van der Waals surface area contributed by atoms with Crippen molar-refractivity contribution in [2.45, 2.75) is 0 Å². The fourth-order valence-corrected chi connectivity index (χ4v) is 5.02. The van der Waals surface area contributed by atoms with Crippen molar-refractivity contribution in [2.75, 3.05) is 68.6 Å². The minimum atomic E-state index is -4.88. The van der Waals surface area contributed by atoms with E-state index in [1.807, 2.05) is 0 Å². The molecule has 2 rings (SSSR count). The van der Waals surface area contributed by atoms with Gasteiger partial charge in [-0.15, -0.1) is 0 Å². The predicted octanol–water partition coefficient (Wildman–Crippen LogP) is 0.226. The normalized spacial score (nSPS) is 14.0. The van der Waals surface area contributed by atoms with Crippen LogP contribution in [0.1, 0.15) is 0 Å². The van der Waals surface area contributed by atoms with Gasteiger partial charge in [0.25, 0.3) is 0 Å². The molecule has 0 bridgehead atoms. The molecule has 0 spiro atoms. The van der Waals surface area contributed by atoms with Crippen molar-refractivity contribution in [3.05, 3.63) is 51.8 Å². The molecular weight excluding hydrogens is 666 g/mol. The summed E-state index contributed by atoms with van der Waals surface area (Å²) in [4.78, 5) is 80.0. The number of carbonyl (C=O) groups is 6. The Hall–Kier alpha value is -5.92. The first-order valence-electron chi connectivity index (χ1n) is 12.9. The molecule has 48 heavy (non-hydrogen) atoms. The van der Waals surface area contributed by atoms with Crippen molar-refractivity contribution >= 4 is 57.4 Å². The second-order valence-electron chi connectivity index (χ2n) is 8.82. The van der Waals surface area contributed by atoms with Crippen LogP contribution >= 0.6 is 0 Å². The molecule has 19 nitrogen and oxygen atoms in total. The van der Waals surface area contributed by atoms with Crippen molar-refractivity contribution in [2.24, 2.45) is 5.10 Å². The Morgan fingerprint density at radius 3 is 1.62 bits per heavy atom. The zero-order valence-corrected chi connectivity index (χ0v) is 27.9. The lowest BCUT2D eigenvalue weighted by Gasteiger charge is -2.23. The van der Waals surface area contributed by atoms with Gasteiger partial charge in [0.1, 0.15) is 34.0 Å². The maximum atomic E-state index is 13.6. The summed E-state index contributed by atoms with van der Waals surface area (Å²) >= 11 is 0. The molecule has 0 radical (unpaired) electrons. The highest BCUT2D eigenvalue weighted by Gasteiger charge is 2.49. The van der Waals surface area contributed by atoms with Crippen LogP contribution in [0.15, 0.2) is 56.9 Å². The van der Waals surface area contributed by atoms with Gasteiger partial charge in [0.2, 0.25) is 10.0 Å². The number of anilines is 1. The summed E-state index contributed by atoms with van der Waals surface area (Å²) in [6.07, 6.45) is -1.28. The van der Waals surface area contributed by atoms with Gasteiger partial charge < -0.3 is 37.9 Å². The lowest BCUT2D eigenvalue weighted by molar-refractivity contribution is -0.140. The van der Waals surface area contributed by atoms with E-state index >= 15 is 0 Å². The maximum Gasteiger partial charge on any atom is 0.428 e. The molecule has 1 aliphatic carbocycles. The average molecular weight is 698 g/mol. The minimum Gasteiger partial charge on any atom is -0.497 e. The first-order chi connectivity index (χ1) is 22.6.